The summed E-state index contributed by atoms with van der Waals surface area (Å²) in [6, 6.07) is 1.14. The molecule has 0 saturated carbocycles. The van der Waals surface area contributed by atoms with Gasteiger partial charge >= 0.3 is 0 Å². The van der Waals surface area contributed by atoms with Crippen molar-refractivity contribution in [1.82, 2.24) is 4.90 Å². The van der Waals surface area contributed by atoms with E-state index in [4.69, 9.17) is 4.74 Å². The van der Waals surface area contributed by atoms with Crippen molar-refractivity contribution in [3.8, 4) is 0 Å². The van der Waals surface area contributed by atoms with Crippen LogP contribution in [0.1, 0.15) is 61.3 Å². The molecule has 0 aliphatic carbocycles. The molecule has 1 heterocycles. The lowest BCUT2D eigenvalue weighted by molar-refractivity contribution is -0.0971. The zero-order chi connectivity index (χ0) is 18.3. The first-order valence-corrected chi connectivity index (χ1v) is 9.44. The minimum atomic E-state index is 0.272. The standard InChI is InChI=1S/C22H37NO/c1-9-19(14-15-20(17(6)7)24-13-5)16-23-18(8)22(11-3,12-4)21(23)10-2/h9,11,14-15,18,21H,3,10,12-13,16H2,1-2,4-8H3/b15-14-,19-9-. The van der Waals surface area contributed by atoms with E-state index in [1.165, 1.54) is 24.0 Å². The van der Waals surface area contributed by atoms with Crippen molar-refractivity contribution in [3.05, 3.63) is 47.8 Å². The molecule has 3 atom stereocenters. The van der Waals surface area contributed by atoms with Crippen molar-refractivity contribution in [2.75, 3.05) is 13.2 Å². The average Bonchev–Trinajstić information content (AvgIpc) is 2.58. The van der Waals surface area contributed by atoms with Crippen LogP contribution in [0.2, 0.25) is 0 Å². The normalized spacial score (nSPS) is 27.9. The van der Waals surface area contributed by atoms with Crippen molar-refractivity contribution >= 4 is 0 Å². The molecule has 0 N–H and O–H groups in total. The summed E-state index contributed by atoms with van der Waals surface area (Å²) in [5.41, 5.74) is 2.82. The topological polar surface area (TPSA) is 12.5 Å². The zero-order valence-corrected chi connectivity index (χ0v) is 16.9. The zero-order valence-electron chi connectivity index (χ0n) is 16.9. The first-order chi connectivity index (χ1) is 11.4. The van der Waals surface area contributed by atoms with E-state index >= 15 is 0 Å². The molecule has 0 amide bonds. The summed E-state index contributed by atoms with van der Waals surface area (Å²) in [6.07, 6.45) is 11.1. The molecular formula is C22H37NO. The fraction of sp³-hybridized carbons (Fsp3) is 0.636. The van der Waals surface area contributed by atoms with Gasteiger partial charge in [0.25, 0.3) is 0 Å². The summed E-state index contributed by atoms with van der Waals surface area (Å²) < 4.78 is 5.71. The van der Waals surface area contributed by atoms with Crippen LogP contribution in [0.5, 0.6) is 0 Å². The van der Waals surface area contributed by atoms with Crippen molar-refractivity contribution < 1.29 is 4.74 Å². The van der Waals surface area contributed by atoms with Gasteiger partial charge in [-0.3, -0.25) is 4.90 Å². The van der Waals surface area contributed by atoms with E-state index in [0.29, 0.717) is 18.7 Å². The third kappa shape index (κ3) is 4.03. The molecule has 136 valence electrons. The Bertz CT molecular complexity index is 510. The van der Waals surface area contributed by atoms with Crippen molar-refractivity contribution in [1.29, 1.82) is 0 Å². The van der Waals surface area contributed by atoms with Crippen LogP contribution in [0.4, 0.5) is 0 Å². The van der Waals surface area contributed by atoms with Crippen molar-refractivity contribution in [2.45, 2.75) is 73.4 Å². The average molecular weight is 332 g/mol. The number of likely N-dealkylation sites (tertiary alicyclic amines) is 1. The van der Waals surface area contributed by atoms with Gasteiger partial charge in [0.1, 0.15) is 5.76 Å². The summed E-state index contributed by atoms with van der Waals surface area (Å²) >= 11 is 0. The van der Waals surface area contributed by atoms with Crippen LogP contribution in [-0.2, 0) is 4.74 Å². The lowest BCUT2D eigenvalue weighted by Crippen LogP contribution is -2.69. The van der Waals surface area contributed by atoms with Gasteiger partial charge in [0.15, 0.2) is 0 Å². The first kappa shape index (κ1) is 20.8. The Balaban J connectivity index is 2.87. The molecule has 0 spiro atoms. The molecule has 0 radical (unpaired) electrons. The second kappa shape index (κ2) is 9.27. The molecule has 0 bridgehead atoms. The van der Waals surface area contributed by atoms with Crippen LogP contribution >= 0.6 is 0 Å². The Morgan fingerprint density at radius 3 is 2.29 bits per heavy atom. The number of ether oxygens (including phenoxy) is 1. The summed E-state index contributed by atoms with van der Waals surface area (Å²) in [6.45, 7) is 21.1. The molecule has 1 fully saturated rings. The van der Waals surface area contributed by atoms with Crippen LogP contribution in [0.15, 0.2) is 47.8 Å². The van der Waals surface area contributed by atoms with Gasteiger partial charge < -0.3 is 4.74 Å². The molecule has 2 nitrogen and oxygen atoms in total. The number of allylic oxidation sites excluding steroid dienone is 3. The molecule has 0 aromatic rings. The maximum absolute atomic E-state index is 5.71. The van der Waals surface area contributed by atoms with E-state index in [9.17, 15) is 0 Å². The highest BCUT2D eigenvalue weighted by atomic mass is 16.5. The molecule has 3 unspecified atom stereocenters. The van der Waals surface area contributed by atoms with Gasteiger partial charge in [-0.25, -0.2) is 0 Å². The van der Waals surface area contributed by atoms with Crippen LogP contribution in [-0.4, -0.2) is 30.1 Å². The van der Waals surface area contributed by atoms with Gasteiger partial charge in [-0.15, -0.1) is 6.58 Å². The molecule has 0 aromatic carbocycles. The van der Waals surface area contributed by atoms with Gasteiger partial charge in [0, 0.05) is 24.0 Å². The third-order valence-corrected chi connectivity index (χ3v) is 5.65. The quantitative estimate of drug-likeness (QED) is 0.297. The van der Waals surface area contributed by atoms with Gasteiger partial charge in [0.05, 0.1) is 6.61 Å². The molecule has 24 heavy (non-hydrogen) atoms. The number of hydrogen-bond donors (Lipinski definition) is 0. The van der Waals surface area contributed by atoms with Gasteiger partial charge in [0.2, 0.25) is 0 Å². The predicted molar refractivity (Wildman–Crippen MR) is 106 cm³/mol. The fourth-order valence-corrected chi connectivity index (χ4v) is 4.08. The van der Waals surface area contributed by atoms with Crippen LogP contribution < -0.4 is 0 Å². The minimum Gasteiger partial charge on any atom is -0.494 e. The summed E-state index contributed by atoms with van der Waals surface area (Å²) in [7, 11) is 0. The Morgan fingerprint density at radius 2 is 1.88 bits per heavy atom. The summed E-state index contributed by atoms with van der Waals surface area (Å²) in [5.74, 6) is 0.981. The molecule has 1 saturated heterocycles. The largest absolute Gasteiger partial charge is 0.494 e. The van der Waals surface area contributed by atoms with Crippen LogP contribution in [0.3, 0.4) is 0 Å². The van der Waals surface area contributed by atoms with Crippen molar-refractivity contribution in [3.63, 3.8) is 0 Å². The molecular weight excluding hydrogens is 294 g/mol. The number of hydrogen-bond acceptors (Lipinski definition) is 2. The highest BCUT2D eigenvalue weighted by Crippen LogP contribution is 2.49. The molecule has 1 aliphatic heterocycles. The second-order valence-electron chi connectivity index (χ2n) is 6.94. The summed E-state index contributed by atoms with van der Waals surface area (Å²) in [5, 5.41) is 0. The molecule has 0 aromatic heterocycles. The number of rotatable bonds is 9. The number of nitrogens with zero attached hydrogens (tertiary/aromatic N) is 1. The van der Waals surface area contributed by atoms with Gasteiger partial charge in [-0.05, 0) is 64.7 Å². The van der Waals surface area contributed by atoms with E-state index in [1.807, 2.05) is 6.92 Å². The monoisotopic (exact) mass is 331 g/mol. The Kier molecular flexibility index (Phi) is 8.02. The fourth-order valence-electron chi connectivity index (χ4n) is 4.08. The van der Waals surface area contributed by atoms with Gasteiger partial charge in [-0.1, -0.05) is 32.1 Å². The maximum Gasteiger partial charge on any atom is 0.117 e. The molecule has 1 rings (SSSR count). The maximum atomic E-state index is 5.71. The Labute approximate surface area is 150 Å². The lowest BCUT2D eigenvalue weighted by atomic mass is 9.62. The smallest absolute Gasteiger partial charge is 0.117 e. The first-order valence-electron chi connectivity index (χ1n) is 9.44. The van der Waals surface area contributed by atoms with E-state index < -0.39 is 0 Å². The third-order valence-electron chi connectivity index (χ3n) is 5.65. The SMILES string of the molecule is C=CC1(CC)C(C)N(CC(/C=C\C(OCC)=C(C)C)=C\C)C1CC. The Hall–Kier alpha value is -1.28. The predicted octanol–water partition coefficient (Wildman–Crippen LogP) is 5.88. The van der Waals surface area contributed by atoms with Crippen LogP contribution in [0, 0.1) is 5.41 Å². The minimum absolute atomic E-state index is 0.272. The Morgan fingerprint density at radius 1 is 1.21 bits per heavy atom. The molecule has 2 heteroatoms. The van der Waals surface area contributed by atoms with Gasteiger partial charge in [-0.2, -0.15) is 0 Å². The highest BCUT2D eigenvalue weighted by Gasteiger charge is 2.53. The lowest BCUT2D eigenvalue weighted by Gasteiger charge is -2.62. The van der Waals surface area contributed by atoms with E-state index in [0.717, 1.165) is 12.3 Å². The van der Waals surface area contributed by atoms with E-state index in [-0.39, 0.29) is 5.41 Å². The molecule has 1 aliphatic rings. The van der Waals surface area contributed by atoms with E-state index in [1.54, 1.807) is 0 Å². The second-order valence-corrected chi connectivity index (χ2v) is 6.94. The van der Waals surface area contributed by atoms with E-state index in [2.05, 4.69) is 77.3 Å². The van der Waals surface area contributed by atoms with Crippen LogP contribution in [0.25, 0.3) is 0 Å². The van der Waals surface area contributed by atoms with Crippen molar-refractivity contribution in [2.24, 2.45) is 5.41 Å². The highest BCUT2D eigenvalue weighted by molar-refractivity contribution is 5.29. The summed E-state index contributed by atoms with van der Waals surface area (Å²) in [4.78, 5) is 2.62.